The van der Waals surface area contributed by atoms with Gasteiger partial charge in [-0.05, 0) is 6.08 Å². The van der Waals surface area contributed by atoms with Gasteiger partial charge in [-0.15, -0.1) is 0 Å². The Kier molecular flexibility index (Phi) is 2.11. The van der Waals surface area contributed by atoms with E-state index < -0.39 is 0 Å². The fourth-order valence-electron chi connectivity index (χ4n) is 1.02. The van der Waals surface area contributed by atoms with Gasteiger partial charge in [0.15, 0.2) is 5.78 Å². The first-order chi connectivity index (χ1) is 5.61. The van der Waals surface area contributed by atoms with E-state index in [0.29, 0.717) is 6.54 Å². The molecule has 1 unspecified atom stereocenters. The van der Waals surface area contributed by atoms with Gasteiger partial charge in [0.05, 0.1) is 5.57 Å². The zero-order chi connectivity index (χ0) is 9.19. The number of carbonyl (C=O) groups is 1. The number of ketones is 1. The standard InChI is InChI=1S/C9H10N2O/c1-9(6-11)3-2-8(12)7(4-9)5-10/h2-4H,6,11H2,1H3. The van der Waals surface area contributed by atoms with Gasteiger partial charge in [-0.3, -0.25) is 4.79 Å². The lowest BCUT2D eigenvalue weighted by Crippen LogP contribution is -2.26. The Bertz CT molecular complexity index is 309. The molecule has 1 aliphatic carbocycles. The summed E-state index contributed by atoms with van der Waals surface area (Å²) in [5.74, 6) is -0.233. The van der Waals surface area contributed by atoms with Crippen LogP contribution in [0.1, 0.15) is 6.92 Å². The molecule has 0 spiro atoms. The van der Waals surface area contributed by atoms with E-state index in [0.717, 1.165) is 0 Å². The van der Waals surface area contributed by atoms with Gasteiger partial charge in [0.1, 0.15) is 6.07 Å². The Hall–Kier alpha value is -1.40. The molecule has 3 nitrogen and oxygen atoms in total. The monoisotopic (exact) mass is 162 g/mol. The molecule has 0 aliphatic heterocycles. The van der Waals surface area contributed by atoms with Crippen molar-refractivity contribution in [3.63, 3.8) is 0 Å². The van der Waals surface area contributed by atoms with E-state index in [2.05, 4.69) is 0 Å². The average Bonchev–Trinajstić information content (AvgIpc) is 2.10. The molecule has 12 heavy (non-hydrogen) atoms. The first-order valence-corrected chi connectivity index (χ1v) is 3.68. The smallest absolute Gasteiger partial charge is 0.195 e. The molecule has 0 aromatic heterocycles. The Balaban J connectivity index is 3.04. The van der Waals surface area contributed by atoms with E-state index in [-0.39, 0.29) is 16.8 Å². The lowest BCUT2D eigenvalue weighted by Gasteiger charge is -2.22. The Morgan fingerprint density at radius 3 is 2.92 bits per heavy atom. The lowest BCUT2D eigenvalue weighted by molar-refractivity contribution is -0.111. The molecule has 0 saturated heterocycles. The van der Waals surface area contributed by atoms with Crippen molar-refractivity contribution < 1.29 is 4.79 Å². The van der Waals surface area contributed by atoms with Gasteiger partial charge in [-0.25, -0.2) is 0 Å². The number of nitriles is 1. The molecule has 0 amide bonds. The van der Waals surface area contributed by atoms with Gasteiger partial charge in [0.2, 0.25) is 0 Å². The average molecular weight is 162 g/mol. The van der Waals surface area contributed by atoms with Crippen LogP contribution < -0.4 is 5.73 Å². The molecular weight excluding hydrogens is 152 g/mol. The van der Waals surface area contributed by atoms with Crippen LogP contribution >= 0.6 is 0 Å². The van der Waals surface area contributed by atoms with Crippen LogP contribution in [0.15, 0.2) is 23.8 Å². The van der Waals surface area contributed by atoms with Crippen molar-refractivity contribution in [2.24, 2.45) is 11.1 Å². The quantitative estimate of drug-likeness (QED) is 0.612. The highest BCUT2D eigenvalue weighted by Gasteiger charge is 2.23. The third kappa shape index (κ3) is 1.44. The minimum Gasteiger partial charge on any atom is -0.329 e. The highest BCUT2D eigenvalue weighted by atomic mass is 16.1. The van der Waals surface area contributed by atoms with Crippen molar-refractivity contribution in [3.8, 4) is 6.07 Å². The van der Waals surface area contributed by atoms with Gasteiger partial charge in [-0.1, -0.05) is 19.1 Å². The maximum absolute atomic E-state index is 11.0. The van der Waals surface area contributed by atoms with E-state index in [4.69, 9.17) is 11.0 Å². The van der Waals surface area contributed by atoms with Crippen molar-refractivity contribution in [2.45, 2.75) is 6.92 Å². The molecule has 1 rings (SSSR count). The number of nitrogens with two attached hydrogens (primary N) is 1. The van der Waals surface area contributed by atoms with Gasteiger partial charge >= 0.3 is 0 Å². The predicted molar refractivity (Wildman–Crippen MR) is 45.0 cm³/mol. The fraction of sp³-hybridized carbons (Fsp3) is 0.333. The van der Waals surface area contributed by atoms with Gasteiger partial charge in [-0.2, -0.15) is 5.26 Å². The Morgan fingerprint density at radius 1 is 1.75 bits per heavy atom. The van der Waals surface area contributed by atoms with Crippen LogP contribution in [0.2, 0.25) is 0 Å². The highest BCUT2D eigenvalue weighted by molar-refractivity contribution is 6.08. The van der Waals surface area contributed by atoms with Gasteiger partial charge < -0.3 is 5.73 Å². The summed E-state index contributed by atoms with van der Waals surface area (Å²) in [6, 6.07) is 1.85. The minimum atomic E-state index is -0.334. The van der Waals surface area contributed by atoms with Crippen LogP contribution in [-0.4, -0.2) is 12.3 Å². The molecule has 0 heterocycles. The molecular formula is C9H10N2O. The second kappa shape index (κ2) is 2.92. The molecule has 1 aliphatic rings. The van der Waals surface area contributed by atoms with Gasteiger partial charge in [0.25, 0.3) is 0 Å². The van der Waals surface area contributed by atoms with Gasteiger partial charge in [0, 0.05) is 12.0 Å². The second-order valence-electron chi connectivity index (χ2n) is 3.08. The summed E-state index contributed by atoms with van der Waals surface area (Å²) in [5, 5.41) is 8.58. The third-order valence-corrected chi connectivity index (χ3v) is 1.92. The third-order valence-electron chi connectivity index (χ3n) is 1.92. The van der Waals surface area contributed by atoms with Crippen molar-refractivity contribution >= 4 is 5.78 Å². The minimum absolute atomic E-state index is 0.186. The summed E-state index contributed by atoms with van der Waals surface area (Å²) in [4.78, 5) is 11.0. The zero-order valence-electron chi connectivity index (χ0n) is 6.87. The van der Waals surface area contributed by atoms with E-state index in [1.165, 1.54) is 6.08 Å². The van der Waals surface area contributed by atoms with E-state index in [9.17, 15) is 4.79 Å². The van der Waals surface area contributed by atoms with Crippen LogP contribution in [0.4, 0.5) is 0 Å². The molecule has 1 atom stereocenters. The van der Waals surface area contributed by atoms with E-state index >= 15 is 0 Å². The van der Waals surface area contributed by atoms with Crippen LogP contribution in [0, 0.1) is 16.7 Å². The highest BCUT2D eigenvalue weighted by Crippen LogP contribution is 2.24. The maximum atomic E-state index is 11.0. The molecule has 3 heteroatoms. The SMILES string of the molecule is CC1(CN)C=CC(=O)C(C#N)=C1. The molecule has 62 valence electrons. The second-order valence-corrected chi connectivity index (χ2v) is 3.08. The molecule has 0 aromatic rings. The molecule has 0 aromatic carbocycles. The maximum Gasteiger partial charge on any atom is 0.195 e. The van der Waals surface area contributed by atoms with E-state index in [1.54, 1.807) is 12.2 Å². The molecule has 0 saturated carbocycles. The summed E-state index contributed by atoms with van der Waals surface area (Å²) in [5.41, 5.74) is 5.33. The number of nitrogens with zero attached hydrogens (tertiary/aromatic N) is 1. The predicted octanol–water partition coefficient (Wildman–Crippen LogP) is 0.540. The van der Waals surface area contributed by atoms with Crippen LogP contribution in [0.25, 0.3) is 0 Å². The number of allylic oxidation sites excluding steroid dienone is 2. The largest absolute Gasteiger partial charge is 0.329 e. The molecule has 0 bridgehead atoms. The first kappa shape index (κ1) is 8.69. The van der Waals surface area contributed by atoms with Crippen molar-refractivity contribution in [1.29, 1.82) is 5.26 Å². The van der Waals surface area contributed by atoms with Crippen molar-refractivity contribution in [3.05, 3.63) is 23.8 Å². The molecule has 2 N–H and O–H groups in total. The number of rotatable bonds is 1. The summed E-state index contributed by atoms with van der Waals surface area (Å²) < 4.78 is 0. The van der Waals surface area contributed by atoms with Crippen LogP contribution in [0.5, 0.6) is 0 Å². The lowest BCUT2D eigenvalue weighted by atomic mass is 9.83. The van der Waals surface area contributed by atoms with E-state index in [1.807, 2.05) is 13.0 Å². The molecule has 0 radical (unpaired) electrons. The normalized spacial score (nSPS) is 28.1. The fourth-order valence-corrected chi connectivity index (χ4v) is 1.02. The summed E-state index contributed by atoms with van der Waals surface area (Å²) in [6.45, 7) is 2.29. The zero-order valence-corrected chi connectivity index (χ0v) is 6.87. The topological polar surface area (TPSA) is 66.9 Å². The van der Waals surface area contributed by atoms with Crippen molar-refractivity contribution in [2.75, 3.05) is 6.54 Å². The number of hydrogen-bond acceptors (Lipinski definition) is 3. The number of carbonyl (C=O) groups excluding carboxylic acids is 1. The summed E-state index contributed by atoms with van der Waals surface area (Å²) in [6.07, 6.45) is 4.76. The Morgan fingerprint density at radius 2 is 2.42 bits per heavy atom. The summed E-state index contributed by atoms with van der Waals surface area (Å²) >= 11 is 0. The van der Waals surface area contributed by atoms with Crippen LogP contribution in [0.3, 0.4) is 0 Å². The van der Waals surface area contributed by atoms with Crippen LogP contribution in [-0.2, 0) is 4.79 Å². The van der Waals surface area contributed by atoms with Crippen molar-refractivity contribution in [1.82, 2.24) is 0 Å². The first-order valence-electron chi connectivity index (χ1n) is 3.68. The number of hydrogen-bond donors (Lipinski definition) is 1. The molecule has 0 fully saturated rings. The Labute approximate surface area is 71.2 Å². The summed E-state index contributed by atoms with van der Waals surface area (Å²) in [7, 11) is 0.